The Morgan fingerprint density at radius 1 is 1.24 bits per heavy atom. The molecule has 7 heteroatoms. The van der Waals surface area contributed by atoms with Crippen LogP contribution in [0.3, 0.4) is 0 Å². The number of nitrogens with one attached hydrogen (secondary N) is 1. The van der Waals surface area contributed by atoms with Gasteiger partial charge in [0.2, 0.25) is 17.7 Å². The summed E-state index contributed by atoms with van der Waals surface area (Å²) in [6.45, 7) is 0.506. The Hall–Kier alpha value is -2.02. The predicted octanol–water partition coefficient (Wildman–Crippen LogP) is 1.99. The van der Waals surface area contributed by atoms with E-state index >= 15 is 0 Å². The van der Waals surface area contributed by atoms with E-state index < -0.39 is 5.91 Å². The van der Waals surface area contributed by atoms with Crippen molar-refractivity contribution < 1.29 is 14.4 Å². The lowest BCUT2D eigenvalue weighted by atomic mass is 10.1. The van der Waals surface area contributed by atoms with Crippen molar-refractivity contribution in [2.24, 2.45) is 11.7 Å². The number of hydrogen-bond acceptors (Lipinski definition) is 4. The van der Waals surface area contributed by atoms with E-state index in [0.717, 1.165) is 30.6 Å². The molecule has 0 bridgehead atoms. The number of carbonyl (C=O) groups is 3. The van der Waals surface area contributed by atoms with Crippen LogP contribution in [0.1, 0.15) is 32.1 Å². The van der Waals surface area contributed by atoms with Crippen LogP contribution >= 0.6 is 11.8 Å². The highest BCUT2D eigenvalue weighted by molar-refractivity contribution is 8.00. The minimum absolute atomic E-state index is 0.0865. The Bertz CT molecular complexity index is 673. The third-order valence-corrected chi connectivity index (χ3v) is 5.91. The third kappa shape index (κ3) is 4.34. The molecular weight excluding hydrogens is 338 g/mol. The fourth-order valence-corrected chi connectivity index (χ4v) is 4.30. The van der Waals surface area contributed by atoms with Gasteiger partial charge in [-0.05, 0) is 25.0 Å². The first-order chi connectivity index (χ1) is 12.0. The molecule has 1 saturated heterocycles. The number of likely N-dealkylation sites (tertiary alicyclic amines) is 1. The molecule has 1 unspecified atom stereocenters. The van der Waals surface area contributed by atoms with Gasteiger partial charge in [-0.25, -0.2) is 0 Å². The van der Waals surface area contributed by atoms with Gasteiger partial charge in [0.25, 0.3) is 0 Å². The van der Waals surface area contributed by atoms with E-state index in [1.807, 2.05) is 23.1 Å². The van der Waals surface area contributed by atoms with E-state index in [4.69, 9.17) is 5.73 Å². The fraction of sp³-hybridized carbons (Fsp3) is 0.500. The van der Waals surface area contributed by atoms with Crippen LogP contribution in [0.5, 0.6) is 0 Å². The molecule has 6 nitrogen and oxygen atoms in total. The highest BCUT2D eigenvalue weighted by Crippen LogP contribution is 2.31. The monoisotopic (exact) mass is 361 g/mol. The molecule has 1 aromatic carbocycles. The normalized spacial score (nSPS) is 20.9. The maximum absolute atomic E-state index is 12.6. The molecule has 134 valence electrons. The summed E-state index contributed by atoms with van der Waals surface area (Å²) < 4.78 is 0. The number of hydrogen-bond donors (Lipinski definition) is 2. The van der Waals surface area contributed by atoms with Gasteiger partial charge in [-0.15, -0.1) is 11.8 Å². The van der Waals surface area contributed by atoms with Gasteiger partial charge in [-0.1, -0.05) is 25.0 Å². The predicted molar refractivity (Wildman–Crippen MR) is 97.1 cm³/mol. The van der Waals surface area contributed by atoms with E-state index in [9.17, 15) is 14.4 Å². The Labute approximate surface area is 151 Å². The molecule has 25 heavy (non-hydrogen) atoms. The fourth-order valence-electron chi connectivity index (χ4n) is 3.56. The lowest BCUT2D eigenvalue weighted by Crippen LogP contribution is -2.35. The molecule has 3 N–H and O–H groups in total. The van der Waals surface area contributed by atoms with Crippen molar-refractivity contribution in [3.8, 4) is 0 Å². The van der Waals surface area contributed by atoms with Crippen molar-refractivity contribution in [3.05, 3.63) is 24.3 Å². The molecule has 2 fully saturated rings. The lowest BCUT2D eigenvalue weighted by molar-refractivity contribution is -0.130. The van der Waals surface area contributed by atoms with Gasteiger partial charge in [0.15, 0.2) is 0 Å². The molecular formula is C18H23N3O3S. The quantitative estimate of drug-likeness (QED) is 0.758. The highest BCUT2D eigenvalue weighted by Gasteiger charge is 2.38. The zero-order chi connectivity index (χ0) is 17.8. The molecule has 0 aromatic heterocycles. The van der Waals surface area contributed by atoms with E-state index in [1.54, 1.807) is 6.07 Å². The first kappa shape index (κ1) is 17.8. The van der Waals surface area contributed by atoms with Crippen LogP contribution in [-0.2, 0) is 14.4 Å². The largest absolute Gasteiger partial charge is 0.369 e. The molecule has 0 radical (unpaired) electrons. The molecule has 1 aliphatic heterocycles. The van der Waals surface area contributed by atoms with E-state index in [-0.39, 0.29) is 29.9 Å². The zero-order valence-electron chi connectivity index (χ0n) is 14.1. The number of amides is 3. The number of para-hydroxylation sites is 1. The van der Waals surface area contributed by atoms with Gasteiger partial charge >= 0.3 is 0 Å². The van der Waals surface area contributed by atoms with Crippen LogP contribution in [0.25, 0.3) is 0 Å². The smallest absolute Gasteiger partial charge is 0.229 e. The average Bonchev–Trinajstić information content (AvgIpc) is 3.23. The van der Waals surface area contributed by atoms with Crippen molar-refractivity contribution in [2.45, 2.75) is 43.0 Å². The van der Waals surface area contributed by atoms with Crippen molar-refractivity contribution in [2.75, 3.05) is 17.6 Å². The van der Waals surface area contributed by atoms with Gasteiger partial charge in [0.05, 0.1) is 17.4 Å². The summed E-state index contributed by atoms with van der Waals surface area (Å²) in [6.07, 6.45) is 4.70. The summed E-state index contributed by atoms with van der Waals surface area (Å²) in [6, 6.07) is 7.62. The maximum Gasteiger partial charge on any atom is 0.229 e. The molecule has 1 aromatic rings. The second kappa shape index (κ2) is 7.91. The molecule has 1 heterocycles. The molecule has 2 aliphatic rings. The van der Waals surface area contributed by atoms with Crippen molar-refractivity contribution in [3.63, 3.8) is 0 Å². The summed E-state index contributed by atoms with van der Waals surface area (Å²) in [4.78, 5) is 38.6. The second-order valence-corrected chi connectivity index (χ2v) is 7.64. The topological polar surface area (TPSA) is 92.5 Å². The zero-order valence-corrected chi connectivity index (χ0v) is 14.9. The Balaban J connectivity index is 1.63. The SMILES string of the molecule is NC(=O)CSc1ccccc1NC(=O)C1CC(=O)N(C2CCCC2)C1. The van der Waals surface area contributed by atoms with Gasteiger partial charge in [0.1, 0.15) is 0 Å². The number of nitrogens with two attached hydrogens (primary N) is 1. The first-order valence-electron chi connectivity index (χ1n) is 8.65. The molecule has 1 atom stereocenters. The Morgan fingerprint density at radius 3 is 2.68 bits per heavy atom. The summed E-state index contributed by atoms with van der Waals surface area (Å²) in [5.74, 6) is -0.615. The minimum atomic E-state index is -0.403. The Kier molecular flexibility index (Phi) is 5.63. The number of anilines is 1. The van der Waals surface area contributed by atoms with Gasteiger partial charge in [0, 0.05) is 23.9 Å². The van der Waals surface area contributed by atoms with Crippen LogP contribution in [0.4, 0.5) is 5.69 Å². The number of benzene rings is 1. The number of primary amides is 1. The van der Waals surface area contributed by atoms with Crippen LogP contribution in [0.15, 0.2) is 29.2 Å². The molecule has 1 aliphatic carbocycles. The molecule has 3 amide bonds. The second-order valence-electron chi connectivity index (χ2n) is 6.63. The van der Waals surface area contributed by atoms with E-state index in [2.05, 4.69) is 5.32 Å². The Morgan fingerprint density at radius 2 is 1.96 bits per heavy atom. The van der Waals surface area contributed by atoms with Crippen molar-refractivity contribution in [1.29, 1.82) is 0 Å². The van der Waals surface area contributed by atoms with Gasteiger partial charge in [-0.3, -0.25) is 14.4 Å². The van der Waals surface area contributed by atoms with E-state index in [1.165, 1.54) is 11.8 Å². The third-order valence-electron chi connectivity index (χ3n) is 4.81. The molecule has 1 saturated carbocycles. The van der Waals surface area contributed by atoms with Gasteiger partial charge < -0.3 is 16.0 Å². The standard InChI is InChI=1S/C18H23N3O3S/c19-16(22)11-25-15-8-4-3-7-14(15)20-18(24)12-9-17(23)21(10-12)13-5-1-2-6-13/h3-4,7-8,12-13H,1-2,5-6,9-11H2,(H2,19,22)(H,20,24). The van der Waals surface area contributed by atoms with Crippen LogP contribution in [-0.4, -0.2) is 41.0 Å². The van der Waals surface area contributed by atoms with Crippen molar-refractivity contribution >= 4 is 35.2 Å². The van der Waals surface area contributed by atoms with E-state index in [0.29, 0.717) is 18.3 Å². The summed E-state index contributed by atoms with van der Waals surface area (Å²) in [7, 11) is 0. The summed E-state index contributed by atoms with van der Waals surface area (Å²) in [5, 5.41) is 2.92. The summed E-state index contributed by atoms with van der Waals surface area (Å²) in [5.41, 5.74) is 5.85. The minimum Gasteiger partial charge on any atom is -0.369 e. The lowest BCUT2D eigenvalue weighted by Gasteiger charge is -2.24. The number of carbonyl (C=O) groups excluding carboxylic acids is 3. The van der Waals surface area contributed by atoms with Crippen LogP contribution in [0, 0.1) is 5.92 Å². The molecule has 0 spiro atoms. The van der Waals surface area contributed by atoms with Crippen LogP contribution in [0.2, 0.25) is 0 Å². The number of thioether (sulfide) groups is 1. The van der Waals surface area contributed by atoms with Crippen LogP contribution < -0.4 is 11.1 Å². The number of nitrogens with zero attached hydrogens (tertiary/aromatic N) is 1. The van der Waals surface area contributed by atoms with Crippen molar-refractivity contribution in [1.82, 2.24) is 4.90 Å². The first-order valence-corrected chi connectivity index (χ1v) is 9.63. The average molecular weight is 361 g/mol. The highest BCUT2D eigenvalue weighted by atomic mass is 32.2. The summed E-state index contributed by atoms with van der Waals surface area (Å²) >= 11 is 1.29. The number of rotatable bonds is 6. The maximum atomic E-state index is 12.6. The molecule has 3 rings (SSSR count). The van der Waals surface area contributed by atoms with Gasteiger partial charge in [-0.2, -0.15) is 0 Å².